The lowest BCUT2D eigenvalue weighted by Crippen LogP contribution is -2.65. The van der Waals surface area contributed by atoms with Crippen LogP contribution in [0.5, 0.6) is 11.6 Å². The van der Waals surface area contributed by atoms with Gasteiger partial charge in [-0.05, 0) is 92.5 Å². The predicted octanol–water partition coefficient (Wildman–Crippen LogP) is 5.58. The molecule has 3 aromatic rings. The number of ether oxygens (including phenoxy) is 1. The molecule has 4 heterocycles. The standard InChI is InChI=1S/C35H42FN7O2/c1-21(2)31(24-14-26(15-24)40-33(44)23-7-8-23)43-18-35(19-43)11-13-42(17-35)32-34(41-39-20-38-32)45-29-10-9-25(36)16-28(29)30-27(22-5-6-22)4-3-12-37-30/h3-4,9-10,12,16,20-24,26,31H,5-8,11,13-15,17-19H2,1-2H3,(H,40,44)/t24?,26?,31-/m1/s1. The third kappa shape index (κ3) is 5.66. The molecule has 1 N–H and O–H groups in total. The zero-order chi connectivity index (χ0) is 30.7. The fraction of sp³-hybridized carbons (Fsp3) is 0.571. The smallest absolute Gasteiger partial charge is 0.282 e. The van der Waals surface area contributed by atoms with Crippen LogP contribution in [0.2, 0.25) is 0 Å². The van der Waals surface area contributed by atoms with Crippen molar-refractivity contribution in [1.29, 1.82) is 0 Å². The number of carbonyl (C=O) groups excluding carboxylic acids is 1. The first-order valence-corrected chi connectivity index (χ1v) is 16.8. The minimum absolute atomic E-state index is 0.215. The normalized spacial score (nSPS) is 24.8. The van der Waals surface area contributed by atoms with Crippen molar-refractivity contribution in [2.24, 2.45) is 23.2 Å². The monoisotopic (exact) mass is 611 g/mol. The van der Waals surface area contributed by atoms with E-state index in [1.54, 1.807) is 12.3 Å². The van der Waals surface area contributed by atoms with Crippen molar-refractivity contribution >= 4 is 11.7 Å². The summed E-state index contributed by atoms with van der Waals surface area (Å²) >= 11 is 0. The molecule has 1 spiro atoms. The lowest BCUT2D eigenvalue weighted by atomic mass is 9.68. The Kier molecular flexibility index (Phi) is 7.23. The second-order valence-corrected chi connectivity index (χ2v) is 14.6. The van der Waals surface area contributed by atoms with E-state index in [9.17, 15) is 9.18 Å². The van der Waals surface area contributed by atoms with Crippen molar-refractivity contribution < 1.29 is 13.9 Å². The molecule has 1 amide bonds. The van der Waals surface area contributed by atoms with E-state index in [0.717, 1.165) is 82.4 Å². The second-order valence-electron chi connectivity index (χ2n) is 14.6. The number of halogens is 1. The summed E-state index contributed by atoms with van der Waals surface area (Å²) in [6.07, 6.45) is 10.8. The summed E-state index contributed by atoms with van der Waals surface area (Å²) in [7, 11) is 0. The largest absolute Gasteiger partial charge is 0.434 e. The Morgan fingerprint density at radius 1 is 1.09 bits per heavy atom. The van der Waals surface area contributed by atoms with Crippen LogP contribution in [-0.4, -0.2) is 69.2 Å². The van der Waals surface area contributed by atoms with Crippen LogP contribution >= 0.6 is 0 Å². The molecule has 10 heteroatoms. The molecule has 9 nitrogen and oxygen atoms in total. The molecule has 3 saturated carbocycles. The van der Waals surface area contributed by atoms with Gasteiger partial charge in [0.15, 0.2) is 5.82 Å². The number of nitrogens with one attached hydrogen (secondary N) is 1. The summed E-state index contributed by atoms with van der Waals surface area (Å²) in [6.45, 7) is 8.58. The third-order valence-corrected chi connectivity index (χ3v) is 10.7. The quantitative estimate of drug-likeness (QED) is 0.317. The summed E-state index contributed by atoms with van der Waals surface area (Å²) in [5.74, 6) is 3.38. The van der Waals surface area contributed by atoms with Crippen molar-refractivity contribution in [3.63, 3.8) is 0 Å². The zero-order valence-electron chi connectivity index (χ0n) is 26.2. The lowest BCUT2D eigenvalue weighted by Gasteiger charge is -2.57. The number of amides is 1. The maximum atomic E-state index is 14.5. The first-order chi connectivity index (χ1) is 21.9. The molecule has 1 atom stereocenters. The van der Waals surface area contributed by atoms with E-state index in [-0.39, 0.29) is 23.1 Å². The van der Waals surface area contributed by atoms with Crippen LogP contribution in [0.25, 0.3) is 11.3 Å². The van der Waals surface area contributed by atoms with Crippen molar-refractivity contribution in [2.75, 3.05) is 31.1 Å². The Balaban J connectivity index is 0.948. The van der Waals surface area contributed by atoms with Crippen LogP contribution in [0.3, 0.4) is 0 Å². The molecule has 2 aromatic heterocycles. The van der Waals surface area contributed by atoms with E-state index < -0.39 is 0 Å². The van der Waals surface area contributed by atoms with Gasteiger partial charge in [-0.1, -0.05) is 19.9 Å². The molecule has 2 aliphatic heterocycles. The van der Waals surface area contributed by atoms with Crippen molar-refractivity contribution in [3.8, 4) is 22.9 Å². The SMILES string of the molecule is CC(C)[C@H](C1CC(NC(=O)C2CC2)C1)N1CC2(CCN(c3ncnnc3Oc3ccc(F)cc3-c3ncccc3C3CC3)C2)C1. The minimum atomic E-state index is -0.335. The van der Waals surface area contributed by atoms with Gasteiger partial charge in [0.2, 0.25) is 5.91 Å². The summed E-state index contributed by atoms with van der Waals surface area (Å²) in [4.78, 5) is 26.5. The number of hydrogen-bond acceptors (Lipinski definition) is 8. The number of benzene rings is 1. The second kappa shape index (κ2) is 11.3. The van der Waals surface area contributed by atoms with Gasteiger partial charge in [-0.3, -0.25) is 14.7 Å². The van der Waals surface area contributed by atoms with Crippen LogP contribution in [0.15, 0.2) is 42.9 Å². The Bertz CT molecular complexity index is 1580. The van der Waals surface area contributed by atoms with Crippen molar-refractivity contribution in [2.45, 2.75) is 76.8 Å². The summed E-state index contributed by atoms with van der Waals surface area (Å²) in [5, 5.41) is 11.7. The summed E-state index contributed by atoms with van der Waals surface area (Å²) < 4.78 is 21.0. The molecule has 236 valence electrons. The van der Waals surface area contributed by atoms with E-state index in [2.05, 4.69) is 55.2 Å². The zero-order valence-corrected chi connectivity index (χ0v) is 26.2. The molecule has 8 rings (SSSR count). The number of hydrogen-bond donors (Lipinski definition) is 1. The molecule has 3 aliphatic carbocycles. The topological polar surface area (TPSA) is 96.4 Å². The number of carbonyl (C=O) groups is 1. The first kappa shape index (κ1) is 28.8. The fourth-order valence-electron chi connectivity index (χ4n) is 8.18. The van der Waals surface area contributed by atoms with Gasteiger partial charge in [-0.25, -0.2) is 9.37 Å². The number of pyridine rings is 1. The summed E-state index contributed by atoms with van der Waals surface area (Å²) in [6, 6.07) is 9.47. The molecule has 5 aliphatic rings. The molecule has 0 bridgehead atoms. The molecule has 0 unspecified atom stereocenters. The van der Waals surface area contributed by atoms with E-state index in [1.165, 1.54) is 18.5 Å². The van der Waals surface area contributed by atoms with Crippen LogP contribution in [0, 0.1) is 29.0 Å². The van der Waals surface area contributed by atoms with Gasteiger partial charge >= 0.3 is 0 Å². The van der Waals surface area contributed by atoms with Gasteiger partial charge in [-0.15, -0.1) is 10.2 Å². The molecule has 2 saturated heterocycles. The molecular formula is C35H42FN7O2. The Morgan fingerprint density at radius 2 is 1.91 bits per heavy atom. The highest BCUT2D eigenvalue weighted by Gasteiger charge is 2.53. The number of rotatable bonds is 10. The van der Waals surface area contributed by atoms with Gasteiger partial charge in [0.05, 0.1) is 5.69 Å². The molecule has 5 fully saturated rings. The van der Waals surface area contributed by atoms with Crippen LogP contribution < -0.4 is 15.0 Å². The molecular weight excluding hydrogens is 569 g/mol. The van der Waals surface area contributed by atoms with E-state index in [4.69, 9.17) is 4.74 Å². The van der Waals surface area contributed by atoms with Crippen molar-refractivity contribution in [1.82, 2.24) is 30.4 Å². The van der Waals surface area contributed by atoms with E-state index >= 15 is 0 Å². The van der Waals surface area contributed by atoms with Gasteiger partial charge in [0.25, 0.3) is 5.88 Å². The minimum Gasteiger partial charge on any atom is -0.434 e. The Morgan fingerprint density at radius 3 is 2.67 bits per heavy atom. The van der Waals surface area contributed by atoms with Gasteiger partial charge in [0.1, 0.15) is 17.9 Å². The van der Waals surface area contributed by atoms with Crippen LogP contribution in [0.4, 0.5) is 10.2 Å². The van der Waals surface area contributed by atoms with Crippen LogP contribution in [0.1, 0.15) is 70.3 Å². The predicted molar refractivity (Wildman–Crippen MR) is 168 cm³/mol. The molecule has 0 radical (unpaired) electrons. The summed E-state index contributed by atoms with van der Waals surface area (Å²) in [5.41, 5.74) is 2.71. The van der Waals surface area contributed by atoms with Crippen molar-refractivity contribution in [3.05, 3.63) is 54.2 Å². The van der Waals surface area contributed by atoms with E-state index in [0.29, 0.717) is 52.8 Å². The fourth-order valence-corrected chi connectivity index (χ4v) is 8.18. The number of likely N-dealkylation sites (tertiary alicyclic amines) is 1. The maximum absolute atomic E-state index is 14.5. The highest BCUT2D eigenvalue weighted by molar-refractivity contribution is 5.81. The van der Waals surface area contributed by atoms with E-state index in [1.807, 2.05) is 6.07 Å². The Hall–Kier alpha value is -3.66. The lowest BCUT2D eigenvalue weighted by molar-refractivity contribution is -0.124. The molecule has 1 aromatic carbocycles. The Labute approximate surface area is 264 Å². The van der Waals surface area contributed by atoms with Crippen LogP contribution in [-0.2, 0) is 4.79 Å². The van der Waals surface area contributed by atoms with Gasteiger partial charge < -0.3 is 15.0 Å². The highest BCUT2D eigenvalue weighted by Crippen LogP contribution is 2.49. The average molecular weight is 612 g/mol. The third-order valence-electron chi connectivity index (χ3n) is 10.7. The average Bonchev–Trinajstić information content (AvgIpc) is 3.94. The molecule has 45 heavy (non-hydrogen) atoms. The van der Waals surface area contributed by atoms with Gasteiger partial charge in [-0.2, -0.15) is 0 Å². The number of nitrogens with zero attached hydrogens (tertiary/aromatic N) is 6. The highest BCUT2D eigenvalue weighted by atomic mass is 19.1. The first-order valence-electron chi connectivity index (χ1n) is 16.8. The number of aromatic nitrogens is 4. The van der Waals surface area contributed by atoms with Gasteiger partial charge in [0, 0.05) is 61.4 Å². The maximum Gasteiger partial charge on any atom is 0.282 e. The number of anilines is 1.